The van der Waals surface area contributed by atoms with Crippen molar-refractivity contribution in [3.63, 3.8) is 0 Å². The summed E-state index contributed by atoms with van der Waals surface area (Å²) in [7, 11) is 3.49. The molecule has 2 heterocycles. The van der Waals surface area contributed by atoms with E-state index in [9.17, 15) is 9.59 Å². The first kappa shape index (κ1) is 17.3. The lowest BCUT2D eigenvalue weighted by atomic mass is 9.88. The number of rotatable bonds is 3. The maximum Gasteiger partial charge on any atom is 0.317 e. The summed E-state index contributed by atoms with van der Waals surface area (Å²) in [5.74, 6) is 0.526. The molecule has 2 aromatic heterocycles. The van der Waals surface area contributed by atoms with Crippen molar-refractivity contribution in [2.45, 2.75) is 31.8 Å². The molecule has 1 aromatic carbocycles. The summed E-state index contributed by atoms with van der Waals surface area (Å²) in [5.41, 5.74) is 2.72. The molecule has 140 valence electrons. The SMILES string of the molecule is CN(C(=O)NCc1nnc2c(=O)n(C)ccn12)C1CCc2ccccc2C1. The van der Waals surface area contributed by atoms with Crippen LogP contribution in [0.15, 0.2) is 41.5 Å². The van der Waals surface area contributed by atoms with Crippen molar-refractivity contribution in [1.82, 2.24) is 29.4 Å². The van der Waals surface area contributed by atoms with Gasteiger partial charge in [-0.2, -0.15) is 0 Å². The second kappa shape index (κ2) is 6.86. The number of carbonyl (C=O) groups is 1. The van der Waals surface area contributed by atoms with E-state index in [-0.39, 0.29) is 29.8 Å². The van der Waals surface area contributed by atoms with Crippen LogP contribution in [0.4, 0.5) is 4.79 Å². The highest BCUT2D eigenvalue weighted by molar-refractivity contribution is 5.74. The zero-order valence-electron chi connectivity index (χ0n) is 15.4. The average molecular weight is 366 g/mol. The van der Waals surface area contributed by atoms with Crippen molar-refractivity contribution in [1.29, 1.82) is 0 Å². The van der Waals surface area contributed by atoms with Crippen molar-refractivity contribution in [3.05, 3.63) is 64.0 Å². The molecule has 2 amide bonds. The minimum absolute atomic E-state index is 0.153. The number of urea groups is 1. The molecular formula is C19H22N6O2. The number of amides is 2. The molecule has 0 saturated heterocycles. The third-order valence-electron chi connectivity index (χ3n) is 5.30. The molecule has 8 nitrogen and oxygen atoms in total. The van der Waals surface area contributed by atoms with Crippen LogP contribution in [0.3, 0.4) is 0 Å². The van der Waals surface area contributed by atoms with E-state index >= 15 is 0 Å². The topological polar surface area (TPSA) is 84.5 Å². The van der Waals surface area contributed by atoms with E-state index in [1.54, 1.807) is 28.7 Å². The molecule has 0 aliphatic heterocycles. The van der Waals surface area contributed by atoms with Crippen molar-refractivity contribution in [3.8, 4) is 0 Å². The lowest BCUT2D eigenvalue weighted by Gasteiger charge is -2.32. The highest BCUT2D eigenvalue weighted by Gasteiger charge is 2.25. The van der Waals surface area contributed by atoms with Gasteiger partial charge < -0.3 is 14.8 Å². The van der Waals surface area contributed by atoms with Crippen LogP contribution in [0.1, 0.15) is 23.4 Å². The van der Waals surface area contributed by atoms with Gasteiger partial charge in [-0.1, -0.05) is 24.3 Å². The molecular weight excluding hydrogens is 344 g/mol. The third kappa shape index (κ3) is 3.18. The monoisotopic (exact) mass is 366 g/mol. The Bertz CT molecular complexity index is 1050. The Kier molecular flexibility index (Phi) is 4.39. The first-order valence-corrected chi connectivity index (χ1v) is 9.01. The molecule has 1 atom stereocenters. The molecule has 4 rings (SSSR count). The fraction of sp³-hybridized carbons (Fsp3) is 0.368. The number of carbonyl (C=O) groups excluding carboxylic acids is 1. The number of aromatic nitrogens is 4. The molecule has 1 aliphatic rings. The quantitative estimate of drug-likeness (QED) is 0.753. The predicted octanol–water partition coefficient (Wildman–Crippen LogP) is 1.13. The minimum atomic E-state index is -0.222. The van der Waals surface area contributed by atoms with Gasteiger partial charge in [0.05, 0.1) is 6.54 Å². The second-order valence-corrected chi connectivity index (χ2v) is 6.96. The highest BCUT2D eigenvalue weighted by atomic mass is 16.2. The Hall–Kier alpha value is -3.16. The number of hydrogen-bond acceptors (Lipinski definition) is 4. The normalized spacial score (nSPS) is 16.1. The summed E-state index contributed by atoms with van der Waals surface area (Å²) in [6, 6.07) is 8.41. The van der Waals surface area contributed by atoms with Crippen LogP contribution in [0.2, 0.25) is 0 Å². The Morgan fingerprint density at radius 3 is 2.85 bits per heavy atom. The van der Waals surface area contributed by atoms with Gasteiger partial charge in [0.15, 0.2) is 5.82 Å². The standard InChI is InChI=1S/C19H22N6O2/c1-23-9-10-25-16(21-22-17(25)18(23)26)12-20-19(27)24(2)15-8-7-13-5-3-4-6-14(13)11-15/h3-6,9-10,15H,7-8,11-12H2,1-2H3,(H,20,27). The third-order valence-corrected chi connectivity index (χ3v) is 5.30. The number of likely N-dealkylation sites (N-methyl/N-ethyl adjacent to an activating group) is 1. The Balaban J connectivity index is 1.43. The van der Waals surface area contributed by atoms with Crippen LogP contribution >= 0.6 is 0 Å². The van der Waals surface area contributed by atoms with Crippen LogP contribution in [-0.2, 0) is 26.4 Å². The summed E-state index contributed by atoms with van der Waals surface area (Å²) in [6.07, 6.45) is 6.17. The number of hydrogen-bond donors (Lipinski definition) is 1. The van der Waals surface area contributed by atoms with Crippen LogP contribution in [-0.4, -0.2) is 43.2 Å². The maximum absolute atomic E-state index is 12.6. The van der Waals surface area contributed by atoms with E-state index in [1.165, 1.54) is 15.7 Å². The Morgan fingerprint density at radius 1 is 1.26 bits per heavy atom. The smallest absolute Gasteiger partial charge is 0.317 e. The van der Waals surface area contributed by atoms with E-state index < -0.39 is 0 Å². The first-order valence-electron chi connectivity index (χ1n) is 9.01. The molecule has 1 aliphatic carbocycles. The summed E-state index contributed by atoms with van der Waals surface area (Å²) in [6.45, 7) is 0.209. The number of nitrogens with one attached hydrogen (secondary N) is 1. The second-order valence-electron chi connectivity index (χ2n) is 6.96. The molecule has 0 spiro atoms. The lowest BCUT2D eigenvalue weighted by molar-refractivity contribution is 0.183. The molecule has 27 heavy (non-hydrogen) atoms. The van der Waals surface area contributed by atoms with Crippen molar-refractivity contribution >= 4 is 11.7 Å². The molecule has 3 aromatic rings. The van der Waals surface area contributed by atoms with Crippen molar-refractivity contribution in [2.75, 3.05) is 7.05 Å². The average Bonchev–Trinajstić information content (AvgIpc) is 3.11. The van der Waals surface area contributed by atoms with E-state index in [1.807, 2.05) is 13.1 Å². The zero-order valence-corrected chi connectivity index (χ0v) is 15.4. The van der Waals surface area contributed by atoms with E-state index in [0.29, 0.717) is 5.82 Å². The van der Waals surface area contributed by atoms with E-state index in [2.05, 4.69) is 33.7 Å². The number of benzene rings is 1. The van der Waals surface area contributed by atoms with E-state index in [4.69, 9.17) is 0 Å². The lowest BCUT2D eigenvalue weighted by Crippen LogP contribution is -2.45. The van der Waals surface area contributed by atoms with Crippen LogP contribution in [0, 0.1) is 0 Å². The van der Waals surface area contributed by atoms with Gasteiger partial charge in [-0.3, -0.25) is 9.20 Å². The predicted molar refractivity (Wildman–Crippen MR) is 100 cm³/mol. The zero-order chi connectivity index (χ0) is 19.0. The van der Waals surface area contributed by atoms with Gasteiger partial charge in [-0.15, -0.1) is 10.2 Å². The molecule has 0 radical (unpaired) electrons. The van der Waals surface area contributed by atoms with Crippen LogP contribution < -0.4 is 10.9 Å². The summed E-state index contributed by atoms with van der Waals surface area (Å²) in [5, 5.41) is 10.9. The Labute approximate surface area is 156 Å². The number of fused-ring (bicyclic) bond motifs is 2. The van der Waals surface area contributed by atoms with Gasteiger partial charge in [0.25, 0.3) is 5.56 Å². The number of nitrogens with zero attached hydrogens (tertiary/aromatic N) is 5. The Morgan fingerprint density at radius 2 is 2.04 bits per heavy atom. The maximum atomic E-state index is 12.6. The van der Waals surface area contributed by atoms with E-state index in [0.717, 1.165) is 19.3 Å². The summed E-state index contributed by atoms with van der Waals surface area (Å²) >= 11 is 0. The van der Waals surface area contributed by atoms with Crippen molar-refractivity contribution < 1.29 is 4.79 Å². The summed E-state index contributed by atoms with van der Waals surface area (Å²) in [4.78, 5) is 26.4. The minimum Gasteiger partial charge on any atom is -0.331 e. The fourth-order valence-corrected chi connectivity index (χ4v) is 3.59. The number of aryl methyl sites for hydroxylation is 2. The van der Waals surface area contributed by atoms with Gasteiger partial charge in [0.1, 0.15) is 0 Å². The van der Waals surface area contributed by atoms with Gasteiger partial charge >= 0.3 is 6.03 Å². The van der Waals surface area contributed by atoms with Gasteiger partial charge in [-0.25, -0.2) is 4.79 Å². The first-order chi connectivity index (χ1) is 13.0. The molecule has 0 saturated carbocycles. The molecule has 0 bridgehead atoms. The van der Waals surface area contributed by atoms with Crippen LogP contribution in [0.25, 0.3) is 5.65 Å². The highest BCUT2D eigenvalue weighted by Crippen LogP contribution is 2.23. The summed E-state index contributed by atoms with van der Waals surface area (Å²) < 4.78 is 3.06. The molecule has 0 fully saturated rings. The molecule has 1 N–H and O–H groups in total. The van der Waals surface area contributed by atoms with Crippen molar-refractivity contribution in [2.24, 2.45) is 7.05 Å². The van der Waals surface area contributed by atoms with Gasteiger partial charge in [-0.05, 0) is 30.4 Å². The van der Waals surface area contributed by atoms with Crippen LogP contribution in [0.5, 0.6) is 0 Å². The van der Waals surface area contributed by atoms with Gasteiger partial charge in [0.2, 0.25) is 5.65 Å². The molecule has 1 unspecified atom stereocenters. The largest absolute Gasteiger partial charge is 0.331 e. The van der Waals surface area contributed by atoms with Gasteiger partial charge in [0, 0.05) is 32.5 Å². The molecule has 8 heteroatoms. The fourth-order valence-electron chi connectivity index (χ4n) is 3.59.